The minimum absolute atomic E-state index is 0.170. The lowest BCUT2D eigenvalue weighted by molar-refractivity contribution is -0.177. The Morgan fingerprint density at radius 1 is 1.47 bits per heavy atom. The molecule has 0 fully saturated rings. The molecule has 0 bridgehead atoms. The van der Waals surface area contributed by atoms with Crippen molar-refractivity contribution in [3.63, 3.8) is 0 Å². The molecule has 0 aliphatic heterocycles. The molecule has 0 radical (unpaired) electrons. The van der Waals surface area contributed by atoms with Gasteiger partial charge in [-0.3, -0.25) is 9.59 Å². The highest BCUT2D eigenvalue weighted by Gasteiger charge is 2.45. The first-order valence-corrected chi connectivity index (χ1v) is 3.92. The number of Topliss-reactive ketones (excluding diaryl/α,β-unsaturated/α-hetero) is 1. The summed E-state index contributed by atoms with van der Waals surface area (Å²) in [5.41, 5.74) is 0. The molecule has 0 aliphatic rings. The number of halogens is 3. The summed E-state index contributed by atoms with van der Waals surface area (Å²) in [7, 11) is 0. The maximum Gasteiger partial charge on any atom is 0.451 e. The highest BCUT2D eigenvalue weighted by atomic mass is 19.4. The highest BCUT2D eigenvalue weighted by molar-refractivity contribution is 6.02. The minimum Gasteiger partial charge on any atom is -0.502 e. The van der Waals surface area contributed by atoms with Crippen molar-refractivity contribution < 1.29 is 32.6 Å². The van der Waals surface area contributed by atoms with E-state index in [1.807, 2.05) is 0 Å². The number of hydrogen-bond acceptors (Lipinski definition) is 3. The Balaban J connectivity index is 4.69. The van der Waals surface area contributed by atoms with Gasteiger partial charge in [-0.1, -0.05) is 0 Å². The zero-order chi connectivity index (χ0) is 12.1. The number of carboxylic acid groups (broad SMARTS) is 1. The SMILES string of the molecule is CCOC=CC(C(=O)O)C(=O)C(F)(F)F. The van der Waals surface area contributed by atoms with E-state index >= 15 is 0 Å². The molecule has 0 aliphatic carbocycles. The van der Waals surface area contributed by atoms with E-state index in [4.69, 9.17) is 5.11 Å². The molecule has 1 N–H and O–H groups in total. The van der Waals surface area contributed by atoms with Crippen molar-refractivity contribution in [1.29, 1.82) is 0 Å². The minimum atomic E-state index is -5.17. The van der Waals surface area contributed by atoms with E-state index in [1.54, 1.807) is 6.92 Å². The number of carboxylic acids is 1. The molecule has 0 heterocycles. The molecule has 1 unspecified atom stereocenters. The lowest BCUT2D eigenvalue weighted by atomic mass is 10.0. The van der Waals surface area contributed by atoms with Gasteiger partial charge < -0.3 is 9.84 Å². The molecule has 0 spiro atoms. The molecule has 0 aromatic rings. The quantitative estimate of drug-likeness (QED) is 0.568. The third kappa shape index (κ3) is 4.48. The monoisotopic (exact) mass is 226 g/mol. The number of rotatable bonds is 5. The number of ketones is 1. The van der Waals surface area contributed by atoms with Crippen LogP contribution < -0.4 is 0 Å². The number of carbonyl (C=O) groups is 2. The second kappa shape index (κ2) is 5.38. The molecule has 0 aromatic heterocycles. The van der Waals surface area contributed by atoms with Crippen LogP contribution in [0.2, 0.25) is 0 Å². The van der Waals surface area contributed by atoms with Gasteiger partial charge in [0, 0.05) is 0 Å². The van der Waals surface area contributed by atoms with E-state index in [2.05, 4.69) is 4.74 Å². The van der Waals surface area contributed by atoms with Gasteiger partial charge in [-0.2, -0.15) is 13.2 Å². The molecule has 0 aromatic carbocycles. The van der Waals surface area contributed by atoms with Crippen LogP contribution in [0, 0.1) is 5.92 Å². The van der Waals surface area contributed by atoms with Crippen LogP contribution in [0.15, 0.2) is 12.3 Å². The average Bonchev–Trinajstić information content (AvgIpc) is 2.09. The van der Waals surface area contributed by atoms with Crippen molar-refractivity contribution >= 4 is 11.8 Å². The number of hydrogen-bond donors (Lipinski definition) is 1. The number of ether oxygens (including phenoxy) is 1. The topological polar surface area (TPSA) is 63.6 Å². The summed E-state index contributed by atoms with van der Waals surface area (Å²) in [6, 6.07) is 0. The predicted octanol–water partition coefficient (Wildman–Crippen LogP) is 1.37. The standard InChI is InChI=1S/C8H9F3O4/c1-2-15-4-3-5(7(13)14)6(12)8(9,10)11/h3-5H,2H2,1H3,(H,13,14). The van der Waals surface area contributed by atoms with E-state index < -0.39 is 23.8 Å². The van der Waals surface area contributed by atoms with Crippen molar-refractivity contribution in [2.24, 2.45) is 5.92 Å². The first-order valence-electron chi connectivity index (χ1n) is 3.92. The van der Waals surface area contributed by atoms with E-state index in [9.17, 15) is 22.8 Å². The van der Waals surface area contributed by atoms with Gasteiger partial charge in [0.25, 0.3) is 5.78 Å². The second-order valence-electron chi connectivity index (χ2n) is 2.46. The van der Waals surface area contributed by atoms with Gasteiger partial charge in [-0.15, -0.1) is 0 Å². The van der Waals surface area contributed by atoms with Crippen molar-refractivity contribution in [2.45, 2.75) is 13.1 Å². The third-order valence-electron chi connectivity index (χ3n) is 1.36. The molecule has 0 saturated carbocycles. The summed E-state index contributed by atoms with van der Waals surface area (Å²) in [6.07, 6.45) is -3.84. The first kappa shape index (κ1) is 13.5. The fourth-order valence-electron chi connectivity index (χ4n) is 0.689. The van der Waals surface area contributed by atoms with E-state index in [-0.39, 0.29) is 6.61 Å². The number of alkyl halides is 3. The summed E-state index contributed by atoms with van der Waals surface area (Å²) in [4.78, 5) is 20.9. The molecule has 4 nitrogen and oxygen atoms in total. The molecule has 7 heteroatoms. The van der Waals surface area contributed by atoms with Crippen molar-refractivity contribution in [2.75, 3.05) is 6.61 Å². The van der Waals surface area contributed by atoms with Crippen LogP contribution in [0.1, 0.15) is 6.92 Å². The maximum absolute atomic E-state index is 11.9. The molecule has 1 atom stereocenters. The van der Waals surface area contributed by atoms with Crippen LogP contribution in [-0.4, -0.2) is 29.6 Å². The Labute approximate surface area is 83.3 Å². The van der Waals surface area contributed by atoms with Gasteiger partial charge >= 0.3 is 12.1 Å². The average molecular weight is 226 g/mol. The summed E-state index contributed by atoms with van der Waals surface area (Å²) in [6.45, 7) is 1.73. The largest absolute Gasteiger partial charge is 0.502 e. The van der Waals surface area contributed by atoms with Gasteiger partial charge in [0.1, 0.15) is 5.92 Å². The smallest absolute Gasteiger partial charge is 0.451 e. The van der Waals surface area contributed by atoms with Crippen molar-refractivity contribution in [3.05, 3.63) is 12.3 Å². The Kier molecular flexibility index (Phi) is 4.83. The van der Waals surface area contributed by atoms with Crippen LogP contribution >= 0.6 is 0 Å². The molecule has 0 amide bonds. The van der Waals surface area contributed by atoms with Crippen LogP contribution in [0.5, 0.6) is 0 Å². The predicted molar refractivity (Wildman–Crippen MR) is 43.0 cm³/mol. The van der Waals surface area contributed by atoms with Crippen LogP contribution in [0.4, 0.5) is 13.2 Å². The van der Waals surface area contributed by atoms with E-state index in [0.29, 0.717) is 6.08 Å². The Bertz CT molecular complexity index is 270. The number of carbonyl (C=O) groups excluding carboxylic acids is 1. The van der Waals surface area contributed by atoms with Gasteiger partial charge in [0.2, 0.25) is 0 Å². The Hall–Kier alpha value is -1.53. The van der Waals surface area contributed by atoms with Gasteiger partial charge in [-0.05, 0) is 13.0 Å². The summed E-state index contributed by atoms with van der Waals surface area (Å²) in [5, 5.41) is 8.38. The van der Waals surface area contributed by atoms with Crippen LogP contribution in [-0.2, 0) is 14.3 Å². The zero-order valence-corrected chi connectivity index (χ0v) is 7.75. The van der Waals surface area contributed by atoms with Gasteiger partial charge in [-0.25, -0.2) is 0 Å². The van der Waals surface area contributed by atoms with E-state index in [1.165, 1.54) is 0 Å². The molecular formula is C8H9F3O4. The molecular weight excluding hydrogens is 217 g/mol. The van der Waals surface area contributed by atoms with Crippen LogP contribution in [0.3, 0.4) is 0 Å². The maximum atomic E-state index is 11.9. The van der Waals surface area contributed by atoms with Crippen molar-refractivity contribution in [1.82, 2.24) is 0 Å². The summed E-state index contributed by atoms with van der Waals surface area (Å²) >= 11 is 0. The zero-order valence-electron chi connectivity index (χ0n) is 7.75. The Morgan fingerprint density at radius 2 is 2.00 bits per heavy atom. The molecule has 86 valence electrons. The normalized spacial score (nSPS) is 13.9. The fourth-order valence-corrected chi connectivity index (χ4v) is 0.689. The molecule has 0 rings (SSSR count). The first-order chi connectivity index (χ1) is 6.80. The molecule has 0 saturated heterocycles. The van der Waals surface area contributed by atoms with Gasteiger partial charge in [0.05, 0.1) is 12.9 Å². The second-order valence-corrected chi connectivity index (χ2v) is 2.46. The lowest BCUT2D eigenvalue weighted by Gasteiger charge is -2.09. The van der Waals surface area contributed by atoms with E-state index in [0.717, 1.165) is 6.26 Å². The van der Waals surface area contributed by atoms with Crippen LogP contribution in [0.25, 0.3) is 0 Å². The third-order valence-corrected chi connectivity index (χ3v) is 1.36. The summed E-state index contributed by atoms with van der Waals surface area (Å²) in [5.74, 6) is -6.45. The highest BCUT2D eigenvalue weighted by Crippen LogP contribution is 2.21. The molecule has 15 heavy (non-hydrogen) atoms. The lowest BCUT2D eigenvalue weighted by Crippen LogP contribution is -2.34. The number of aliphatic carboxylic acids is 1. The van der Waals surface area contributed by atoms with Gasteiger partial charge in [0.15, 0.2) is 0 Å². The fraction of sp³-hybridized carbons (Fsp3) is 0.500. The van der Waals surface area contributed by atoms with Crippen molar-refractivity contribution in [3.8, 4) is 0 Å². The summed E-state index contributed by atoms with van der Waals surface area (Å²) < 4.78 is 40.2. The Morgan fingerprint density at radius 3 is 2.33 bits per heavy atom.